The molecule has 0 saturated carbocycles. The molecular weight excluding hydrogens is 128 g/mol. The highest BCUT2D eigenvalue weighted by molar-refractivity contribution is 0.826. The number of hydrogen-bond donors (Lipinski definition) is 0. The molecule has 6 N–H and O–H groups in total. The van der Waals surface area contributed by atoms with Crippen LogP contribution in [-0.2, 0) is 0 Å². The van der Waals surface area contributed by atoms with E-state index in [1.807, 2.05) is 0 Å². The normalized spacial score (nSPS) is 0. The zero-order valence-corrected chi connectivity index (χ0v) is 3.46. The molecule has 3 nitrogen and oxygen atoms in total. The van der Waals surface area contributed by atoms with Crippen LogP contribution in [0.15, 0.2) is 0 Å². The molecule has 0 aliphatic carbocycles. The minimum atomic E-state index is 0. The van der Waals surface area contributed by atoms with E-state index in [-0.39, 0.29) is 33.4 Å². The van der Waals surface area contributed by atoms with Crippen LogP contribution in [-0.4, -0.2) is 16.4 Å². The van der Waals surface area contributed by atoms with Crippen molar-refractivity contribution in [1.82, 2.24) is 0 Å². The van der Waals surface area contributed by atoms with Crippen molar-refractivity contribution in [2.75, 3.05) is 0 Å². The molecule has 0 aromatic carbocycles. The van der Waals surface area contributed by atoms with Crippen molar-refractivity contribution in [2.45, 2.75) is 0 Å². The highest BCUT2D eigenvalue weighted by atomic mass is 79.9. The molecule has 0 aliphatic rings. The van der Waals surface area contributed by atoms with Gasteiger partial charge in [0.1, 0.15) is 0 Å². The zero-order valence-electron chi connectivity index (χ0n) is 1.88. The summed E-state index contributed by atoms with van der Waals surface area (Å²) in [4.78, 5) is 0. The second-order valence-electron chi connectivity index (χ2n) is 0. The predicted octanol–water partition coefficient (Wildman–Crippen LogP) is -5.47. The van der Waals surface area contributed by atoms with E-state index < -0.39 is 0 Å². The molecule has 32 valence electrons. The molecule has 0 aromatic rings. The molecule has 0 fully saturated rings. The molecular formula is H6BrO3-. The van der Waals surface area contributed by atoms with Gasteiger partial charge >= 0.3 is 0 Å². The van der Waals surface area contributed by atoms with E-state index in [0.29, 0.717) is 0 Å². The van der Waals surface area contributed by atoms with Gasteiger partial charge in [-0.15, -0.1) is 0 Å². The Bertz CT molecular complexity index is 3.25. The first-order valence-corrected chi connectivity index (χ1v) is 0. The van der Waals surface area contributed by atoms with Gasteiger partial charge in [0.15, 0.2) is 0 Å². The third-order valence-corrected chi connectivity index (χ3v) is 0. The van der Waals surface area contributed by atoms with E-state index in [2.05, 4.69) is 0 Å². The van der Waals surface area contributed by atoms with Gasteiger partial charge in [-0.05, 0) is 0 Å². The van der Waals surface area contributed by atoms with E-state index in [4.69, 9.17) is 0 Å². The largest absolute Gasteiger partial charge is 1.00 e. The van der Waals surface area contributed by atoms with Gasteiger partial charge in [-0.1, -0.05) is 0 Å². The quantitative estimate of drug-likeness (QED) is 0.316. The molecule has 0 aromatic heterocycles. The average Bonchev–Trinajstić information content (AvgIpc) is 0. The van der Waals surface area contributed by atoms with Gasteiger partial charge in [0.2, 0.25) is 0 Å². The molecule has 0 spiro atoms. The van der Waals surface area contributed by atoms with Crippen LogP contribution in [0.5, 0.6) is 0 Å². The maximum absolute atomic E-state index is 0. The molecule has 0 aliphatic heterocycles. The summed E-state index contributed by atoms with van der Waals surface area (Å²) in [5, 5.41) is 0. The van der Waals surface area contributed by atoms with Crippen molar-refractivity contribution in [3.8, 4) is 0 Å². The van der Waals surface area contributed by atoms with E-state index in [1.165, 1.54) is 0 Å². The molecule has 0 heterocycles. The lowest BCUT2D eigenvalue weighted by atomic mass is 16.0. The third kappa shape index (κ3) is 33.7. The second kappa shape index (κ2) is 144. The van der Waals surface area contributed by atoms with Crippen LogP contribution in [0, 0.1) is 0 Å². The fourth-order valence-corrected chi connectivity index (χ4v) is 0. The topological polar surface area (TPSA) is 94.5 Å². The van der Waals surface area contributed by atoms with Crippen molar-refractivity contribution in [3.63, 3.8) is 0 Å². The van der Waals surface area contributed by atoms with Crippen molar-refractivity contribution in [1.29, 1.82) is 0 Å². The summed E-state index contributed by atoms with van der Waals surface area (Å²) < 4.78 is 0. The Hall–Kier alpha value is 0.360. The predicted molar refractivity (Wildman–Crippen MR) is 10.8 cm³/mol. The molecule has 0 radical (unpaired) electrons. The molecule has 4 heteroatoms. The maximum atomic E-state index is 0. The van der Waals surface area contributed by atoms with Crippen molar-refractivity contribution in [2.24, 2.45) is 0 Å². The molecule has 4 heavy (non-hydrogen) atoms. The summed E-state index contributed by atoms with van der Waals surface area (Å²) in [5.74, 6) is 0. The Balaban J connectivity index is 0. The molecule has 0 rings (SSSR count). The molecule has 0 atom stereocenters. The summed E-state index contributed by atoms with van der Waals surface area (Å²) in [5.41, 5.74) is 0. The monoisotopic (exact) mass is 133 g/mol. The first kappa shape index (κ1) is 380. The Morgan fingerprint density at radius 1 is 0.500 bits per heavy atom. The van der Waals surface area contributed by atoms with Crippen LogP contribution in [0.4, 0.5) is 0 Å². The molecule has 0 saturated heterocycles. The van der Waals surface area contributed by atoms with E-state index in [0.717, 1.165) is 0 Å². The average molecular weight is 134 g/mol. The number of rotatable bonds is 0. The van der Waals surface area contributed by atoms with Gasteiger partial charge in [0.25, 0.3) is 0 Å². The SMILES string of the molecule is O.O.O.[Br-]. The smallest absolute Gasteiger partial charge is 0.412 e. The van der Waals surface area contributed by atoms with Crippen LogP contribution in [0.1, 0.15) is 0 Å². The molecule has 0 amide bonds. The van der Waals surface area contributed by atoms with Crippen molar-refractivity contribution in [3.05, 3.63) is 0 Å². The maximum Gasteiger partial charge on any atom is -0.412 e. The third-order valence-electron chi connectivity index (χ3n) is 0. The van der Waals surface area contributed by atoms with Gasteiger partial charge in [0, 0.05) is 0 Å². The fourth-order valence-electron chi connectivity index (χ4n) is 0. The number of hydrogen-bond acceptors (Lipinski definition) is 0. The molecule has 0 unspecified atom stereocenters. The Labute approximate surface area is 34.3 Å². The van der Waals surface area contributed by atoms with Crippen LogP contribution in [0.2, 0.25) is 0 Å². The van der Waals surface area contributed by atoms with Gasteiger partial charge in [-0.3, -0.25) is 0 Å². The number of halogens is 1. The van der Waals surface area contributed by atoms with Crippen molar-refractivity contribution >= 4 is 0 Å². The summed E-state index contributed by atoms with van der Waals surface area (Å²) in [6.45, 7) is 0. The molecule has 0 bridgehead atoms. The lowest BCUT2D eigenvalue weighted by molar-refractivity contribution is -0.00000363. The second-order valence-corrected chi connectivity index (χ2v) is 0. The first-order valence-electron chi connectivity index (χ1n) is 0. The summed E-state index contributed by atoms with van der Waals surface area (Å²) in [7, 11) is 0. The summed E-state index contributed by atoms with van der Waals surface area (Å²) in [6, 6.07) is 0. The van der Waals surface area contributed by atoms with E-state index in [1.54, 1.807) is 0 Å². The van der Waals surface area contributed by atoms with Crippen LogP contribution < -0.4 is 17.0 Å². The van der Waals surface area contributed by atoms with E-state index in [9.17, 15) is 0 Å². The standard InChI is InChI=1S/BrH.3H2O/h1H;3*1H2/p-1. The lowest BCUT2D eigenvalue weighted by Gasteiger charge is -1.00. The fraction of sp³-hybridized carbons (Fsp3) is 0. The summed E-state index contributed by atoms with van der Waals surface area (Å²) >= 11 is 0. The summed E-state index contributed by atoms with van der Waals surface area (Å²) in [6.07, 6.45) is 0. The Morgan fingerprint density at radius 2 is 0.500 bits per heavy atom. The van der Waals surface area contributed by atoms with Gasteiger partial charge in [-0.25, -0.2) is 0 Å². The highest BCUT2D eigenvalue weighted by Gasteiger charge is -0.410. The minimum Gasteiger partial charge on any atom is -1.00 e. The van der Waals surface area contributed by atoms with Gasteiger partial charge < -0.3 is 33.4 Å². The van der Waals surface area contributed by atoms with Crippen LogP contribution >= 0.6 is 0 Å². The lowest BCUT2D eigenvalue weighted by Crippen LogP contribution is -3.00. The van der Waals surface area contributed by atoms with Gasteiger partial charge in [0.05, 0.1) is 0 Å². The zero-order chi connectivity index (χ0) is 0. The first-order chi connectivity index (χ1) is 0. The Morgan fingerprint density at radius 3 is 0.500 bits per heavy atom. The minimum absolute atomic E-state index is 0. The van der Waals surface area contributed by atoms with Crippen LogP contribution in [0.3, 0.4) is 0 Å². The van der Waals surface area contributed by atoms with E-state index >= 15 is 0 Å². The highest BCUT2D eigenvalue weighted by Crippen LogP contribution is -0.287. The van der Waals surface area contributed by atoms with Crippen LogP contribution in [0.25, 0.3) is 0 Å². The van der Waals surface area contributed by atoms with Gasteiger partial charge in [-0.2, -0.15) is 0 Å². The Kier molecular flexibility index (Phi) is 13700. The van der Waals surface area contributed by atoms with Crippen molar-refractivity contribution < 1.29 is 33.4 Å².